The average Bonchev–Trinajstić information content (AvgIpc) is 2.66. The predicted octanol–water partition coefficient (Wildman–Crippen LogP) is 0.852. The molecule has 4 heteroatoms. The lowest BCUT2D eigenvalue weighted by Crippen LogP contribution is -2.36. The van der Waals surface area contributed by atoms with Crippen molar-refractivity contribution in [3.63, 3.8) is 0 Å². The molecule has 1 saturated heterocycles. The van der Waals surface area contributed by atoms with Gasteiger partial charge in [0.15, 0.2) is 0 Å². The SMILES string of the molecule is CN(Cc1cncn1C)CC1CCCNC1. The van der Waals surface area contributed by atoms with Crippen LogP contribution in [0.5, 0.6) is 0 Å². The van der Waals surface area contributed by atoms with Crippen LogP contribution >= 0.6 is 0 Å². The maximum Gasteiger partial charge on any atom is 0.0945 e. The Hall–Kier alpha value is -0.870. The summed E-state index contributed by atoms with van der Waals surface area (Å²) in [5, 5.41) is 3.47. The molecule has 0 bridgehead atoms. The van der Waals surface area contributed by atoms with E-state index < -0.39 is 0 Å². The zero-order valence-electron chi connectivity index (χ0n) is 10.3. The van der Waals surface area contributed by atoms with Crippen LogP contribution in [0.2, 0.25) is 0 Å². The fourth-order valence-electron chi connectivity index (χ4n) is 2.40. The second-order valence-electron chi connectivity index (χ2n) is 4.91. The number of nitrogens with zero attached hydrogens (tertiary/aromatic N) is 3. The fraction of sp³-hybridized carbons (Fsp3) is 0.750. The van der Waals surface area contributed by atoms with Crippen LogP contribution in [0.1, 0.15) is 18.5 Å². The highest BCUT2D eigenvalue weighted by atomic mass is 15.1. The molecule has 0 spiro atoms. The summed E-state index contributed by atoms with van der Waals surface area (Å²) in [5.41, 5.74) is 1.28. The number of piperidine rings is 1. The molecule has 1 unspecified atom stereocenters. The molecule has 1 fully saturated rings. The molecule has 1 N–H and O–H groups in total. The predicted molar refractivity (Wildman–Crippen MR) is 65.1 cm³/mol. The Bertz CT molecular complexity index is 315. The Morgan fingerprint density at radius 2 is 2.50 bits per heavy atom. The third-order valence-corrected chi connectivity index (χ3v) is 3.32. The van der Waals surface area contributed by atoms with Crippen molar-refractivity contribution in [1.29, 1.82) is 0 Å². The van der Waals surface area contributed by atoms with E-state index in [9.17, 15) is 0 Å². The summed E-state index contributed by atoms with van der Waals surface area (Å²) < 4.78 is 2.09. The molecule has 90 valence electrons. The van der Waals surface area contributed by atoms with Crippen molar-refractivity contribution in [1.82, 2.24) is 19.8 Å². The zero-order chi connectivity index (χ0) is 11.4. The first-order valence-electron chi connectivity index (χ1n) is 6.10. The van der Waals surface area contributed by atoms with Gasteiger partial charge < -0.3 is 14.8 Å². The fourth-order valence-corrected chi connectivity index (χ4v) is 2.40. The van der Waals surface area contributed by atoms with Crippen molar-refractivity contribution < 1.29 is 0 Å². The van der Waals surface area contributed by atoms with Gasteiger partial charge in [-0.25, -0.2) is 4.98 Å². The zero-order valence-corrected chi connectivity index (χ0v) is 10.3. The monoisotopic (exact) mass is 222 g/mol. The highest BCUT2D eigenvalue weighted by molar-refractivity contribution is 4.97. The molecule has 1 aromatic heterocycles. The molecule has 0 saturated carbocycles. The number of hydrogen-bond donors (Lipinski definition) is 1. The van der Waals surface area contributed by atoms with E-state index in [1.165, 1.54) is 38.2 Å². The minimum absolute atomic E-state index is 0.812. The van der Waals surface area contributed by atoms with Gasteiger partial charge in [0.1, 0.15) is 0 Å². The lowest BCUT2D eigenvalue weighted by atomic mass is 9.99. The lowest BCUT2D eigenvalue weighted by molar-refractivity contribution is 0.234. The summed E-state index contributed by atoms with van der Waals surface area (Å²) in [6.07, 6.45) is 6.51. The molecular weight excluding hydrogens is 200 g/mol. The molecule has 4 nitrogen and oxygen atoms in total. The summed E-state index contributed by atoms with van der Waals surface area (Å²) in [6.45, 7) is 4.54. The van der Waals surface area contributed by atoms with Gasteiger partial charge in [0.2, 0.25) is 0 Å². The first-order chi connectivity index (χ1) is 7.75. The second kappa shape index (κ2) is 5.46. The normalized spacial score (nSPS) is 21.6. The summed E-state index contributed by atoms with van der Waals surface area (Å²) in [5.74, 6) is 0.812. The molecule has 2 rings (SSSR count). The van der Waals surface area contributed by atoms with Gasteiger partial charge in [0.05, 0.1) is 12.0 Å². The number of nitrogens with one attached hydrogen (secondary N) is 1. The highest BCUT2D eigenvalue weighted by Crippen LogP contribution is 2.12. The van der Waals surface area contributed by atoms with Crippen molar-refractivity contribution in [2.24, 2.45) is 13.0 Å². The highest BCUT2D eigenvalue weighted by Gasteiger charge is 2.15. The third kappa shape index (κ3) is 3.06. The summed E-state index contributed by atoms with van der Waals surface area (Å²) in [7, 11) is 4.25. The summed E-state index contributed by atoms with van der Waals surface area (Å²) >= 11 is 0. The molecule has 0 aliphatic carbocycles. The van der Waals surface area contributed by atoms with Gasteiger partial charge in [-0.1, -0.05) is 0 Å². The van der Waals surface area contributed by atoms with Gasteiger partial charge in [0, 0.05) is 26.3 Å². The average molecular weight is 222 g/mol. The standard InChI is InChI=1S/C12H22N4/c1-15(8-11-4-3-5-13-6-11)9-12-7-14-10-16(12)2/h7,10-11,13H,3-6,8-9H2,1-2H3. The molecule has 0 radical (unpaired) electrons. The summed E-state index contributed by atoms with van der Waals surface area (Å²) in [4.78, 5) is 6.54. The van der Waals surface area contributed by atoms with E-state index in [1.54, 1.807) is 0 Å². The smallest absolute Gasteiger partial charge is 0.0945 e. The van der Waals surface area contributed by atoms with Crippen LogP contribution < -0.4 is 5.32 Å². The van der Waals surface area contributed by atoms with E-state index in [-0.39, 0.29) is 0 Å². The number of aryl methyl sites for hydroxylation is 1. The van der Waals surface area contributed by atoms with Gasteiger partial charge in [-0.05, 0) is 38.9 Å². The first-order valence-corrected chi connectivity index (χ1v) is 6.10. The van der Waals surface area contributed by atoms with Crippen LogP contribution in [0.25, 0.3) is 0 Å². The molecule has 1 aliphatic heterocycles. The van der Waals surface area contributed by atoms with Crippen molar-refractivity contribution in [3.8, 4) is 0 Å². The van der Waals surface area contributed by atoms with Crippen LogP contribution in [0.3, 0.4) is 0 Å². The number of rotatable bonds is 4. The second-order valence-corrected chi connectivity index (χ2v) is 4.91. The number of imidazole rings is 1. The first kappa shape index (κ1) is 11.6. The third-order valence-electron chi connectivity index (χ3n) is 3.32. The lowest BCUT2D eigenvalue weighted by Gasteiger charge is -2.27. The van der Waals surface area contributed by atoms with Gasteiger partial charge in [-0.15, -0.1) is 0 Å². The van der Waals surface area contributed by atoms with Gasteiger partial charge in [0.25, 0.3) is 0 Å². The van der Waals surface area contributed by atoms with E-state index in [0.717, 1.165) is 12.5 Å². The Morgan fingerprint density at radius 3 is 3.12 bits per heavy atom. The number of hydrogen-bond acceptors (Lipinski definition) is 3. The van der Waals surface area contributed by atoms with E-state index in [2.05, 4.69) is 33.9 Å². The van der Waals surface area contributed by atoms with Crippen LogP contribution in [0.4, 0.5) is 0 Å². The maximum atomic E-state index is 4.15. The Labute approximate surface area is 97.7 Å². The van der Waals surface area contributed by atoms with Crippen molar-refractivity contribution in [2.45, 2.75) is 19.4 Å². The molecule has 1 atom stereocenters. The minimum Gasteiger partial charge on any atom is -0.337 e. The van der Waals surface area contributed by atoms with Gasteiger partial charge in [-0.2, -0.15) is 0 Å². The van der Waals surface area contributed by atoms with E-state index >= 15 is 0 Å². The molecular formula is C12H22N4. The van der Waals surface area contributed by atoms with Crippen LogP contribution in [0.15, 0.2) is 12.5 Å². The van der Waals surface area contributed by atoms with E-state index in [0.29, 0.717) is 0 Å². The van der Waals surface area contributed by atoms with E-state index in [1.807, 2.05) is 12.5 Å². The maximum absolute atomic E-state index is 4.15. The van der Waals surface area contributed by atoms with Crippen molar-refractivity contribution in [2.75, 3.05) is 26.7 Å². The summed E-state index contributed by atoms with van der Waals surface area (Å²) in [6, 6.07) is 0. The Kier molecular flexibility index (Phi) is 3.96. The molecule has 1 aromatic rings. The molecule has 2 heterocycles. The largest absolute Gasteiger partial charge is 0.337 e. The molecule has 0 amide bonds. The van der Waals surface area contributed by atoms with Crippen LogP contribution in [-0.2, 0) is 13.6 Å². The van der Waals surface area contributed by atoms with Crippen molar-refractivity contribution >= 4 is 0 Å². The molecule has 1 aliphatic rings. The number of aromatic nitrogens is 2. The van der Waals surface area contributed by atoms with Gasteiger partial charge in [-0.3, -0.25) is 0 Å². The molecule has 0 aromatic carbocycles. The van der Waals surface area contributed by atoms with Crippen molar-refractivity contribution in [3.05, 3.63) is 18.2 Å². The van der Waals surface area contributed by atoms with Crippen LogP contribution in [0, 0.1) is 5.92 Å². The van der Waals surface area contributed by atoms with Crippen LogP contribution in [-0.4, -0.2) is 41.1 Å². The molecule has 16 heavy (non-hydrogen) atoms. The quantitative estimate of drug-likeness (QED) is 0.820. The topological polar surface area (TPSA) is 33.1 Å². The Balaban J connectivity index is 1.79. The van der Waals surface area contributed by atoms with Gasteiger partial charge >= 0.3 is 0 Å². The Morgan fingerprint density at radius 1 is 1.62 bits per heavy atom. The minimum atomic E-state index is 0.812. The van der Waals surface area contributed by atoms with E-state index in [4.69, 9.17) is 0 Å².